The molecule has 0 N–H and O–H groups in total. The summed E-state index contributed by atoms with van der Waals surface area (Å²) in [6.07, 6.45) is 0.0290. The molecule has 1 aliphatic heterocycles. The van der Waals surface area contributed by atoms with Gasteiger partial charge in [-0.1, -0.05) is 11.6 Å². The number of carbonyl (C=O) groups excluding carboxylic acids is 1. The van der Waals surface area contributed by atoms with Gasteiger partial charge in [-0.15, -0.1) is 0 Å². The number of hydrogen-bond acceptors (Lipinski definition) is 1. The predicted octanol–water partition coefficient (Wildman–Crippen LogP) is 3.82. The van der Waals surface area contributed by atoms with Crippen molar-refractivity contribution < 1.29 is 13.6 Å². The van der Waals surface area contributed by atoms with E-state index < -0.39 is 17.9 Å². The molecule has 0 aliphatic carbocycles. The van der Waals surface area contributed by atoms with Gasteiger partial charge in [-0.05, 0) is 40.9 Å². The van der Waals surface area contributed by atoms with Gasteiger partial charge in [-0.25, -0.2) is 8.78 Å². The summed E-state index contributed by atoms with van der Waals surface area (Å²) < 4.78 is 27.4. The number of rotatable bonds is 1. The molecular weight excluding hydrogens is 327 g/mol. The first kappa shape index (κ1) is 13.7. The van der Waals surface area contributed by atoms with Gasteiger partial charge < -0.3 is 4.90 Å². The highest BCUT2D eigenvalue weighted by Crippen LogP contribution is 2.27. The number of carbonyl (C=O) groups is 1. The number of alkyl halides is 1. The monoisotopic (exact) mass is 337 g/mol. The highest BCUT2D eigenvalue weighted by Gasteiger charge is 2.26. The van der Waals surface area contributed by atoms with E-state index in [-0.39, 0.29) is 17.1 Å². The summed E-state index contributed by atoms with van der Waals surface area (Å²) in [7, 11) is 0. The number of piperidine rings is 1. The Kier molecular flexibility index (Phi) is 4.22. The molecule has 6 heteroatoms. The lowest BCUT2D eigenvalue weighted by atomic mass is 10.1. The van der Waals surface area contributed by atoms with Crippen molar-refractivity contribution in [2.24, 2.45) is 0 Å². The van der Waals surface area contributed by atoms with Crippen molar-refractivity contribution in [2.45, 2.75) is 19.0 Å². The second kappa shape index (κ2) is 5.53. The summed E-state index contributed by atoms with van der Waals surface area (Å²) in [6.45, 7) is 0.484. The minimum absolute atomic E-state index is 0.0263. The first-order chi connectivity index (χ1) is 8.49. The molecule has 98 valence electrons. The third kappa shape index (κ3) is 2.83. The van der Waals surface area contributed by atoms with Gasteiger partial charge in [0.25, 0.3) is 5.91 Å². The molecule has 1 fully saturated rings. The maximum Gasteiger partial charge on any atom is 0.256 e. The predicted molar refractivity (Wildman–Crippen MR) is 69.1 cm³/mol. The zero-order chi connectivity index (χ0) is 13.3. The maximum atomic E-state index is 13.7. The summed E-state index contributed by atoms with van der Waals surface area (Å²) >= 11 is 8.87. The van der Waals surface area contributed by atoms with Crippen LogP contribution in [0.3, 0.4) is 0 Å². The molecule has 1 atom stereocenters. The van der Waals surface area contributed by atoms with Gasteiger partial charge in [0.2, 0.25) is 0 Å². The molecule has 1 aromatic carbocycles. The minimum Gasteiger partial charge on any atom is -0.336 e. The fraction of sp³-hybridized carbons (Fsp3) is 0.417. The topological polar surface area (TPSA) is 20.3 Å². The summed E-state index contributed by atoms with van der Waals surface area (Å²) in [5, 5.41) is 0.200. The molecule has 1 heterocycles. The van der Waals surface area contributed by atoms with Crippen LogP contribution in [0.1, 0.15) is 23.2 Å². The van der Waals surface area contributed by atoms with Crippen LogP contribution in [0.2, 0.25) is 5.02 Å². The van der Waals surface area contributed by atoms with Crippen LogP contribution in [0.15, 0.2) is 16.6 Å². The van der Waals surface area contributed by atoms with E-state index in [1.807, 2.05) is 0 Å². The second-order valence-electron chi connectivity index (χ2n) is 4.24. The fourth-order valence-electron chi connectivity index (χ4n) is 1.97. The smallest absolute Gasteiger partial charge is 0.256 e. The highest BCUT2D eigenvalue weighted by atomic mass is 79.9. The molecule has 0 spiro atoms. The molecule has 1 aromatic rings. The van der Waals surface area contributed by atoms with Gasteiger partial charge in [0.05, 0.1) is 17.1 Å². The van der Waals surface area contributed by atoms with Crippen LogP contribution in [0, 0.1) is 5.82 Å². The zero-order valence-corrected chi connectivity index (χ0v) is 11.8. The maximum absolute atomic E-state index is 13.7. The quantitative estimate of drug-likeness (QED) is 0.713. The zero-order valence-electron chi connectivity index (χ0n) is 9.43. The largest absolute Gasteiger partial charge is 0.336 e. The molecule has 0 bridgehead atoms. The Hall–Kier alpha value is -0.680. The molecule has 1 saturated heterocycles. The van der Waals surface area contributed by atoms with Crippen LogP contribution >= 0.6 is 27.5 Å². The lowest BCUT2D eigenvalue weighted by Crippen LogP contribution is -2.41. The molecule has 18 heavy (non-hydrogen) atoms. The van der Waals surface area contributed by atoms with Gasteiger partial charge in [0, 0.05) is 11.0 Å². The van der Waals surface area contributed by atoms with E-state index in [0.29, 0.717) is 23.9 Å². The lowest BCUT2D eigenvalue weighted by molar-refractivity contribution is 0.0631. The normalized spacial score (nSPS) is 20.0. The van der Waals surface area contributed by atoms with Crippen LogP contribution in [0.4, 0.5) is 8.78 Å². The van der Waals surface area contributed by atoms with E-state index >= 15 is 0 Å². The van der Waals surface area contributed by atoms with Crippen molar-refractivity contribution in [1.29, 1.82) is 0 Å². The van der Waals surface area contributed by atoms with Crippen molar-refractivity contribution in [2.75, 3.05) is 13.1 Å². The third-order valence-corrected chi connectivity index (χ3v) is 4.09. The number of amides is 1. The van der Waals surface area contributed by atoms with Crippen molar-refractivity contribution in [1.82, 2.24) is 4.90 Å². The van der Waals surface area contributed by atoms with Gasteiger partial charge >= 0.3 is 0 Å². The minimum atomic E-state index is -1.03. The van der Waals surface area contributed by atoms with Crippen molar-refractivity contribution in [3.63, 3.8) is 0 Å². The van der Waals surface area contributed by atoms with E-state index in [2.05, 4.69) is 15.9 Å². The first-order valence-electron chi connectivity index (χ1n) is 5.57. The number of likely N-dealkylation sites (tertiary alicyclic amines) is 1. The van der Waals surface area contributed by atoms with E-state index in [1.54, 1.807) is 0 Å². The Bertz CT molecular complexity index is 483. The molecule has 1 amide bonds. The highest BCUT2D eigenvalue weighted by molar-refractivity contribution is 9.10. The Morgan fingerprint density at radius 1 is 1.50 bits per heavy atom. The van der Waals surface area contributed by atoms with E-state index in [1.165, 1.54) is 11.0 Å². The Morgan fingerprint density at radius 2 is 2.22 bits per heavy atom. The standard InChI is InChI=1S/C12H11BrClF2NO/c13-9-4-8(11(16)5-10(9)14)12(18)17-3-1-2-7(15)6-17/h4-5,7H,1-3,6H2. The van der Waals surface area contributed by atoms with Crippen molar-refractivity contribution in [3.8, 4) is 0 Å². The van der Waals surface area contributed by atoms with Crippen LogP contribution in [-0.4, -0.2) is 30.1 Å². The Morgan fingerprint density at radius 3 is 2.89 bits per heavy atom. The molecule has 2 rings (SSSR count). The van der Waals surface area contributed by atoms with Crippen LogP contribution in [0.25, 0.3) is 0 Å². The summed E-state index contributed by atoms with van der Waals surface area (Å²) in [6, 6.07) is 2.41. The molecule has 0 radical (unpaired) electrons. The van der Waals surface area contributed by atoms with Crippen molar-refractivity contribution >= 4 is 33.4 Å². The number of halogens is 4. The van der Waals surface area contributed by atoms with E-state index in [4.69, 9.17) is 11.6 Å². The molecular formula is C12H11BrClF2NO. The number of nitrogens with zero attached hydrogens (tertiary/aromatic N) is 1. The SMILES string of the molecule is O=C(c1cc(Br)c(Cl)cc1F)N1CCCC(F)C1. The Labute approximate surface area is 117 Å². The fourth-order valence-corrected chi connectivity index (χ4v) is 2.46. The molecule has 0 aromatic heterocycles. The van der Waals surface area contributed by atoms with Gasteiger partial charge in [0.15, 0.2) is 0 Å². The lowest BCUT2D eigenvalue weighted by Gasteiger charge is -2.29. The second-order valence-corrected chi connectivity index (χ2v) is 5.50. The van der Waals surface area contributed by atoms with Crippen LogP contribution < -0.4 is 0 Å². The average molecular weight is 339 g/mol. The average Bonchev–Trinajstić information content (AvgIpc) is 2.33. The summed E-state index contributed by atoms with van der Waals surface area (Å²) in [4.78, 5) is 13.4. The molecule has 1 unspecified atom stereocenters. The summed E-state index contributed by atoms with van der Waals surface area (Å²) in [5.41, 5.74) is -0.0830. The number of hydrogen-bond donors (Lipinski definition) is 0. The Balaban J connectivity index is 2.25. The summed E-state index contributed by atoms with van der Waals surface area (Å²) in [5.74, 6) is -1.18. The molecule has 2 nitrogen and oxygen atoms in total. The molecule has 0 saturated carbocycles. The van der Waals surface area contributed by atoms with Crippen LogP contribution in [0.5, 0.6) is 0 Å². The van der Waals surface area contributed by atoms with Gasteiger partial charge in [-0.2, -0.15) is 0 Å². The van der Waals surface area contributed by atoms with E-state index in [0.717, 1.165) is 6.07 Å². The van der Waals surface area contributed by atoms with Crippen molar-refractivity contribution in [3.05, 3.63) is 33.0 Å². The van der Waals surface area contributed by atoms with Gasteiger partial charge in [-0.3, -0.25) is 4.79 Å². The molecule has 1 aliphatic rings. The third-order valence-electron chi connectivity index (χ3n) is 2.89. The van der Waals surface area contributed by atoms with E-state index in [9.17, 15) is 13.6 Å². The number of benzene rings is 1. The van der Waals surface area contributed by atoms with Crippen LogP contribution in [-0.2, 0) is 0 Å². The first-order valence-corrected chi connectivity index (χ1v) is 6.74. The van der Waals surface area contributed by atoms with Gasteiger partial charge in [0.1, 0.15) is 12.0 Å².